The lowest BCUT2D eigenvalue weighted by molar-refractivity contribution is 0.475. The van der Waals surface area contributed by atoms with Crippen molar-refractivity contribution in [2.45, 2.75) is 13.8 Å². The molecule has 0 unspecified atom stereocenters. The second-order valence-electron chi connectivity index (χ2n) is 4.45. The van der Waals surface area contributed by atoms with Gasteiger partial charge in [-0.1, -0.05) is 18.3 Å². The topological polar surface area (TPSA) is 62.4 Å². The number of aromatic hydroxyl groups is 1. The Morgan fingerprint density at radius 2 is 2.15 bits per heavy atom. The summed E-state index contributed by atoms with van der Waals surface area (Å²) in [4.78, 5) is 6.71. The molecule has 0 atom stereocenters. The standard InChI is InChI=1S/C15H17N3OS/c1-3-18(11-5-4-6-12(19)9-11)15-13(14(16)20)10(2)7-8-17-15/h4-9,19H,3H2,1-2H3,(H2,16,20). The molecule has 0 aliphatic heterocycles. The van der Waals surface area contributed by atoms with Crippen molar-refractivity contribution in [3.8, 4) is 5.75 Å². The Labute approximate surface area is 123 Å². The summed E-state index contributed by atoms with van der Waals surface area (Å²) < 4.78 is 0. The van der Waals surface area contributed by atoms with Crippen LogP contribution in [0.1, 0.15) is 18.1 Å². The first-order valence-corrected chi connectivity index (χ1v) is 6.77. The van der Waals surface area contributed by atoms with E-state index in [0.29, 0.717) is 17.4 Å². The molecule has 0 aliphatic rings. The lowest BCUT2D eigenvalue weighted by Crippen LogP contribution is -2.23. The number of phenolic OH excluding ortho intramolecular Hbond substituents is 1. The number of aryl methyl sites for hydroxylation is 1. The molecule has 5 heteroatoms. The molecule has 0 spiro atoms. The Morgan fingerprint density at radius 1 is 1.40 bits per heavy atom. The number of aromatic nitrogens is 1. The number of nitrogens with zero attached hydrogens (tertiary/aromatic N) is 2. The van der Waals surface area contributed by atoms with E-state index in [1.165, 1.54) is 0 Å². The highest BCUT2D eigenvalue weighted by Gasteiger charge is 2.17. The first-order valence-electron chi connectivity index (χ1n) is 6.36. The van der Waals surface area contributed by atoms with Crippen LogP contribution in [0, 0.1) is 6.92 Å². The number of phenols is 1. The van der Waals surface area contributed by atoms with E-state index in [1.807, 2.05) is 30.9 Å². The van der Waals surface area contributed by atoms with Crippen LogP contribution in [0.5, 0.6) is 5.75 Å². The Kier molecular flexibility index (Phi) is 4.20. The van der Waals surface area contributed by atoms with Gasteiger partial charge in [-0.3, -0.25) is 0 Å². The number of thiocarbonyl (C=S) groups is 1. The predicted molar refractivity (Wildman–Crippen MR) is 85.6 cm³/mol. The second-order valence-corrected chi connectivity index (χ2v) is 4.89. The van der Waals surface area contributed by atoms with Crippen LogP contribution in [-0.4, -0.2) is 21.6 Å². The fourth-order valence-corrected chi connectivity index (χ4v) is 2.42. The fraction of sp³-hybridized carbons (Fsp3) is 0.200. The minimum Gasteiger partial charge on any atom is -0.508 e. The maximum atomic E-state index is 9.64. The van der Waals surface area contributed by atoms with Gasteiger partial charge < -0.3 is 15.7 Å². The van der Waals surface area contributed by atoms with E-state index in [1.54, 1.807) is 24.4 Å². The third-order valence-corrected chi connectivity index (χ3v) is 3.30. The van der Waals surface area contributed by atoms with Gasteiger partial charge in [0.2, 0.25) is 0 Å². The van der Waals surface area contributed by atoms with E-state index in [4.69, 9.17) is 18.0 Å². The first kappa shape index (κ1) is 14.3. The predicted octanol–water partition coefficient (Wildman–Crippen LogP) is 2.89. The smallest absolute Gasteiger partial charge is 0.143 e. The maximum Gasteiger partial charge on any atom is 0.143 e. The molecule has 1 heterocycles. The molecule has 1 aromatic carbocycles. The summed E-state index contributed by atoms with van der Waals surface area (Å²) in [6, 6.07) is 8.92. The van der Waals surface area contributed by atoms with E-state index in [9.17, 15) is 5.11 Å². The lowest BCUT2D eigenvalue weighted by atomic mass is 10.1. The third kappa shape index (κ3) is 2.72. The van der Waals surface area contributed by atoms with Gasteiger partial charge in [-0.15, -0.1) is 0 Å². The number of pyridine rings is 1. The van der Waals surface area contributed by atoms with E-state index >= 15 is 0 Å². The quantitative estimate of drug-likeness (QED) is 0.847. The van der Waals surface area contributed by atoms with Crippen molar-refractivity contribution in [3.63, 3.8) is 0 Å². The number of anilines is 2. The molecule has 4 nitrogen and oxygen atoms in total. The Morgan fingerprint density at radius 3 is 2.75 bits per heavy atom. The van der Waals surface area contributed by atoms with Crippen LogP contribution in [0.2, 0.25) is 0 Å². The van der Waals surface area contributed by atoms with Gasteiger partial charge in [0.05, 0.1) is 5.56 Å². The molecule has 104 valence electrons. The van der Waals surface area contributed by atoms with Crippen molar-refractivity contribution in [1.29, 1.82) is 0 Å². The number of benzene rings is 1. The van der Waals surface area contributed by atoms with Crippen molar-refractivity contribution in [1.82, 2.24) is 4.98 Å². The molecule has 0 saturated heterocycles. The van der Waals surface area contributed by atoms with Gasteiger partial charge in [0.15, 0.2) is 0 Å². The van der Waals surface area contributed by atoms with Gasteiger partial charge in [-0.2, -0.15) is 0 Å². The zero-order valence-corrected chi connectivity index (χ0v) is 12.3. The van der Waals surface area contributed by atoms with Crippen molar-refractivity contribution < 1.29 is 5.11 Å². The Hall–Kier alpha value is -2.14. The molecule has 1 aromatic heterocycles. The fourth-order valence-electron chi connectivity index (χ4n) is 2.17. The van der Waals surface area contributed by atoms with Crippen molar-refractivity contribution in [2.24, 2.45) is 5.73 Å². The highest BCUT2D eigenvalue weighted by Crippen LogP contribution is 2.29. The average Bonchev–Trinajstić information content (AvgIpc) is 2.39. The summed E-state index contributed by atoms with van der Waals surface area (Å²) in [7, 11) is 0. The van der Waals surface area contributed by atoms with Gasteiger partial charge in [-0.05, 0) is 37.6 Å². The summed E-state index contributed by atoms with van der Waals surface area (Å²) in [5, 5.41) is 9.64. The Balaban J connectivity index is 2.58. The molecule has 0 aliphatic carbocycles. The zero-order chi connectivity index (χ0) is 14.7. The highest BCUT2D eigenvalue weighted by molar-refractivity contribution is 7.80. The molecule has 0 saturated carbocycles. The van der Waals surface area contributed by atoms with Gasteiger partial charge in [0, 0.05) is 24.5 Å². The highest BCUT2D eigenvalue weighted by atomic mass is 32.1. The van der Waals surface area contributed by atoms with Crippen LogP contribution in [0.3, 0.4) is 0 Å². The first-order chi connectivity index (χ1) is 9.54. The monoisotopic (exact) mass is 287 g/mol. The van der Waals surface area contributed by atoms with Gasteiger partial charge >= 0.3 is 0 Å². The lowest BCUT2D eigenvalue weighted by Gasteiger charge is -2.25. The number of hydrogen-bond donors (Lipinski definition) is 2. The summed E-state index contributed by atoms with van der Waals surface area (Å²) >= 11 is 5.14. The van der Waals surface area contributed by atoms with E-state index < -0.39 is 0 Å². The van der Waals surface area contributed by atoms with E-state index in [-0.39, 0.29) is 5.75 Å². The largest absolute Gasteiger partial charge is 0.508 e. The van der Waals surface area contributed by atoms with Crippen LogP contribution >= 0.6 is 12.2 Å². The van der Waals surface area contributed by atoms with Crippen LogP contribution in [-0.2, 0) is 0 Å². The van der Waals surface area contributed by atoms with Crippen LogP contribution in [0.25, 0.3) is 0 Å². The second kappa shape index (κ2) is 5.88. The molecular weight excluding hydrogens is 270 g/mol. The molecule has 2 aromatic rings. The molecular formula is C15H17N3OS. The summed E-state index contributed by atoms with van der Waals surface area (Å²) in [5.41, 5.74) is 8.44. The molecule has 2 rings (SSSR count). The van der Waals surface area contributed by atoms with Crippen molar-refractivity contribution >= 4 is 28.7 Å². The number of nitrogens with two attached hydrogens (primary N) is 1. The normalized spacial score (nSPS) is 10.3. The molecule has 3 N–H and O–H groups in total. The van der Waals surface area contributed by atoms with E-state index in [2.05, 4.69) is 4.98 Å². The molecule has 0 bridgehead atoms. The van der Waals surface area contributed by atoms with Crippen LogP contribution in [0.4, 0.5) is 11.5 Å². The van der Waals surface area contributed by atoms with Crippen molar-refractivity contribution in [3.05, 3.63) is 47.7 Å². The molecule has 20 heavy (non-hydrogen) atoms. The van der Waals surface area contributed by atoms with Crippen molar-refractivity contribution in [2.75, 3.05) is 11.4 Å². The maximum absolute atomic E-state index is 9.64. The third-order valence-electron chi connectivity index (χ3n) is 3.10. The van der Waals surface area contributed by atoms with Gasteiger partial charge in [0.1, 0.15) is 16.6 Å². The zero-order valence-electron chi connectivity index (χ0n) is 11.5. The number of hydrogen-bond acceptors (Lipinski definition) is 4. The SMILES string of the molecule is CCN(c1cccc(O)c1)c1nccc(C)c1C(N)=S. The average molecular weight is 287 g/mol. The molecule has 0 fully saturated rings. The minimum absolute atomic E-state index is 0.213. The minimum atomic E-state index is 0.213. The van der Waals surface area contributed by atoms with Crippen LogP contribution < -0.4 is 10.6 Å². The van der Waals surface area contributed by atoms with Crippen LogP contribution in [0.15, 0.2) is 36.5 Å². The molecule has 0 radical (unpaired) electrons. The summed E-state index contributed by atoms with van der Waals surface area (Å²) in [6.07, 6.45) is 1.73. The van der Waals surface area contributed by atoms with Gasteiger partial charge in [0.25, 0.3) is 0 Å². The summed E-state index contributed by atoms with van der Waals surface area (Å²) in [6.45, 7) is 4.66. The molecule has 0 amide bonds. The Bertz CT molecular complexity index is 643. The number of rotatable bonds is 4. The van der Waals surface area contributed by atoms with Gasteiger partial charge in [-0.25, -0.2) is 4.98 Å². The van der Waals surface area contributed by atoms with E-state index in [0.717, 1.165) is 16.8 Å². The summed E-state index contributed by atoms with van der Waals surface area (Å²) in [5.74, 6) is 0.927.